The number of ether oxygens (including phenoxy) is 1. The van der Waals surface area contributed by atoms with E-state index in [2.05, 4.69) is 15.2 Å². The van der Waals surface area contributed by atoms with Crippen molar-refractivity contribution in [3.63, 3.8) is 0 Å². The number of benzene rings is 1. The van der Waals surface area contributed by atoms with E-state index in [-0.39, 0.29) is 5.91 Å². The Morgan fingerprint density at radius 1 is 1.26 bits per heavy atom. The SMILES string of the molecule is COc1cccc(CNC(=O)c2ccc[nH+]c2N2CCCC2)c1. The van der Waals surface area contributed by atoms with Gasteiger partial charge in [-0.15, -0.1) is 0 Å². The molecule has 23 heavy (non-hydrogen) atoms. The first-order chi connectivity index (χ1) is 11.3. The summed E-state index contributed by atoms with van der Waals surface area (Å²) in [6.07, 6.45) is 4.22. The summed E-state index contributed by atoms with van der Waals surface area (Å²) in [6.45, 7) is 2.47. The molecule has 1 aliphatic heterocycles. The van der Waals surface area contributed by atoms with Gasteiger partial charge in [-0.1, -0.05) is 12.1 Å². The minimum atomic E-state index is -0.0634. The number of amides is 1. The number of methoxy groups -OCH3 is 1. The lowest BCUT2D eigenvalue weighted by molar-refractivity contribution is -0.364. The van der Waals surface area contributed by atoms with E-state index in [1.54, 1.807) is 7.11 Å². The zero-order chi connectivity index (χ0) is 16.1. The maximum Gasteiger partial charge on any atom is 0.287 e. The summed E-state index contributed by atoms with van der Waals surface area (Å²) in [5, 5.41) is 2.99. The topological polar surface area (TPSA) is 55.7 Å². The molecule has 5 nitrogen and oxygen atoms in total. The summed E-state index contributed by atoms with van der Waals surface area (Å²) in [6, 6.07) is 11.4. The summed E-state index contributed by atoms with van der Waals surface area (Å²) in [7, 11) is 1.64. The largest absolute Gasteiger partial charge is 0.497 e. The number of H-pyrrole nitrogens is 1. The van der Waals surface area contributed by atoms with Crippen LogP contribution < -0.4 is 19.9 Å². The van der Waals surface area contributed by atoms with E-state index in [4.69, 9.17) is 4.74 Å². The number of nitrogens with one attached hydrogen (secondary N) is 2. The van der Waals surface area contributed by atoms with Gasteiger partial charge in [0.15, 0.2) is 0 Å². The normalized spacial score (nSPS) is 13.9. The standard InChI is InChI=1S/C18H21N3O2/c1-23-15-7-4-6-14(12-15)13-20-18(22)16-8-5-9-19-17(16)21-10-2-3-11-21/h4-9,12H,2-3,10-11,13H2,1H3,(H,20,22)/p+1. The summed E-state index contributed by atoms with van der Waals surface area (Å²) in [5.41, 5.74) is 1.71. The van der Waals surface area contributed by atoms with E-state index in [0.29, 0.717) is 12.1 Å². The zero-order valence-corrected chi connectivity index (χ0v) is 13.3. The van der Waals surface area contributed by atoms with Gasteiger partial charge < -0.3 is 10.1 Å². The molecule has 120 valence electrons. The van der Waals surface area contributed by atoms with Gasteiger partial charge in [0.05, 0.1) is 26.4 Å². The fourth-order valence-electron chi connectivity index (χ4n) is 2.87. The highest BCUT2D eigenvalue weighted by Crippen LogP contribution is 2.19. The van der Waals surface area contributed by atoms with Crippen molar-refractivity contribution in [3.05, 3.63) is 53.7 Å². The van der Waals surface area contributed by atoms with Gasteiger partial charge in [-0.2, -0.15) is 0 Å². The molecule has 3 rings (SSSR count). The monoisotopic (exact) mass is 312 g/mol. The van der Waals surface area contributed by atoms with E-state index in [9.17, 15) is 4.79 Å². The van der Waals surface area contributed by atoms with Crippen molar-refractivity contribution in [2.24, 2.45) is 0 Å². The van der Waals surface area contributed by atoms with Gasteiger partial charge in [0.1, 0.15) is 11.3 Å². The molecular formula is C18H22N3O2+. The molecular weight excluding hydrogens is 290 g/mol. The number of aromatic amines is 1. The van der Waals surface area contributed by atoms with E-state index >= 15 is 0 Å². The highest BCUT2D eigenvalue weighted by molar-refractivity contribution is 5.98. The van der Waals surface area contributed by atoms with Crippen molar-refractivity contribution in [2.75, 3.05) is 25.1 Å². The van der Waals surface area contributed by atoms with Crippen LogP contribution >= 0.6 is 0 Å². The van der Waals surface area contributed by atoms with Crippen molar-refractivity contribution < 1.29 is 14.5 Å². The predicted octanol–water partition coefficient (Wildman–Crippen LogP) is 2.04. The molecule has 2 heterocycles. The first-order valence-electron chi connectivity index (χ1n) is 7.95. The van der Waals surface area contributed by atoms with Gasteiger partial charge >= 0.3 is 0 Å². The average molecular weight is 312 g/mol. The quantitative estimate of drug-likeness (QED) is 0.919. The van der Waals surface area contributed by atoms with Gasteiger partial charge in [0.2, 0.25) is 0 Å². The number of hydrogen-bond acceptors (Lipinski definition) is 3. The third kappa shape index (κ3) is 3.62. The van der Waals surface area contributed by atoms with Crippen LogP contribution in [0.1, 0.15) is 28.8 Å². The number of anilines is 1. The van der Waals surface area contributed by atoms with Crippen molar-refractivity contribution in [2.45, 2.75) is 19.4 Å². The molecule has 0 saturated carbocycles. The second-order valence-electron chi connectivity index (χ2n) is 5.66. The Morgan fingerprint density at radius 3 is 2.87 bits per heavy atom. The molecule has 1 aromatic heterocycles. The highest BCUT2D eigenvalue weighted by atomic mass is 16.5. The lowest BCUT2D eigenvalue weighted by atomic mass is 10.2. The smallest absolute Gasteiger partial charge is 0.287 e. The van der Waals surface area contributed by atoms with Gasteiger partial charge in [-0.05, 0) is 42.7 Å². The third-order valence-corrected chi connectivity index (χ3v) is 4.09. The summed E-state index contributed by atoms with van der Waals surface area (Å²) < 4.78 is 5.21. The minimum absolute atomic E-state index is 0.0634. The summed E-state index contributed by atoms with van der Waals surface area (Å²) >= 11 is 0. The van der Waals surface area contributed by atoms with E-state index in [1.165, 1.54) is 12.8 Å². The number of hydrogen-bond donors (Lipinski definition) is 1. The van der Waals surface area contributed by atoms with Crippen molar-refractivity contribution in [1.82, 2.24) is 5.32 Å². The Labute approximate surface area is 136 Å². The second kappa shape index (κ2) is 7.13. The van der Waals surface area contributed by atoms with Crippen molar-refractivity contribution in [1.29, 1.82) is 0 Å². The lowest BCUT2D eigenvalue weighted by Crippen LogP contribution is -2.32. The van der Waals surface area contributed by atoms with Gasteiger partial charge in [-0.25, -0.2) is 4.98 Å². The molecule has 2 aromatic rings. The summed E-state index contributed by atoms with van der Waals surface area (Å²) in [4.78, 5) is 18.0. The van der Waals surface area contributed by atoms with E-state index in [0.717, 1.165) is 30.2 Å². The fourth-order valence-corrected chi connectivity index (χ4v) is 2.87. The molecule has 0 spiro atoms. The lowest BCUT2D eigenvalue weighted by Gasteiger charge is -2.13. The number of carbonyl (C=O) groups is 1. The molecule has 0 atom stereocenters. The van der Waals surface area contributed by atoms with E-state index in [1.807, 2.05) is 42.6 Å². The minimum Gasteiger partial charge on any atom is -0.497 e. The van der Waals surface area contributed by atoms with Crippen LogP contribution in [-0.4, -0.2) is 26.1 Å². The van der Waals surface area contributed by atoms with Gasteiger partial charge in [0.25, 0.3) is 11.7 Å². The molecule has 1 amide bonds. The van der Waals surface area contributed by atoms with Crippen molar-refractivity contribution >= 4 is 11.7 Å². The molecule has 2 N–H and O–H groups in total. The van der Waals surface area contributed by atoms with E-state index < -0.39 is 0 Å². The number of pyridine rings is 1. The van der Waals surface area contributed by atoms with Crippen LogP contribution in [0.15, 0.2) is 42.6 Å². The summed E-state index contributed by atoms with van der Waals surface area (Å²) in [5.74, 6) is 1.64. The third-order valence-electron chi connectivity index (χ3n) is 4.09. The molecule has 1 fully saturated rings. The zero-order valence-electron chi connectivity index (χ0n) is 13.3. The molecule has 1 aliphatic rings. The Bertz CT molecular complexity index is 681. The van der Waals surface area contributed by atoms with Crippen molar-refractivity contribution in [3.8, 4) is 5.75 Å². The van der Waals surface area contributed by atoms with Crippen LogP contribution in [-0.2, 0) is 6.54 Å². The van der Waals surface area contributed by atoms with Crippen LogP contribution in [0.5, 0.6) is 5.75 Å². The van der Waals surface area contributed by atoms with Crippen LogP contribution in [0.2, 0.25) is 0 Å². The Balaban J connectivity index is 1.70. The number of carbonyl (C=O) groups excluding carboxylic acids is 1. The first kappa shape index (κ1) is 15.3. The predicted molar refractivity (Wildman–Crippen MR) is 88.6 cm³/mol. The van der Waals surface area contributed by atoms with Crippen LogP contribution in [0.3, 0.4) is 0 Å². The first-order valence-corrected chi connectivity index (χ1v) is 7.95. The van der Waals surface area contributed by atoms with Crippen LogP contribution in [0.25, 0.3) is 0 Å². The highest BCUT2D eigenvalue weighted by Gasteiger charge is 2.26. The van der Waals surface area contributed by atoms with Gasteiger partial charge in [0, 0.05) is 6.54 Å². The molecule has 0 unspecified atom stereocenters. The Kier molecular flexibility index (Phi) is 4.76. The maximum atomic E-state index is 12.6. The molecule has 1 saturated heterocycles. The second-order valence-corrected chi connectivity index (χ2v) is 5.66. The number of nitrogens with zero attached hydrogens (tertiary/aromatic N) is 1. The molecule has 1 aromatic carbocycles. The van der Waals surface area contributed by atoms with Crippen LogP contribution in [0.4, 0.5) is 5.82 Å². The van der Waals surface area contributed by atoms with Crippen LogP contribution in [0, 0.1) is 0 Å². The Morgan fingerprint density at radius 2 is 2.09 bits per heavy atom. The molecule has 0 aliphatic carbocycles. The molecule has 5 heteroatoms. The molecule has 0 bridgehead atoms. The fraction of sp³-hybridized carbons (Fsp3) is 0.333. The average Bonchev–Trinajstić information content (AvgIpc) is 3.14. The Hall–Kier alpha value is -2.56. The maximum absolute atomic E-state index is 12.6. The van der Waals surface area contributed by atoms with Gasteiger partial charge in [-0.3, -0.25) is 9.69 Å². The molecule has 0 radical (unpaired) electrons. The number of aromatic nitrogens is 1. The number of rotatable bonds is 5.